The Bertz CT molecular complexity index is 264. The van der Waals surface area contributed by atoms with Crippen molar-refractivity contribution >= 4 is 0 Å². The summed E-state index contributed by atoms with van der Waals surface area (Å²) in [6, 6.07) is 0. The Morgan fingerprint density at radius 3 is 2.60 bits per heavy atom. The first-order valence-corrected chi connectivity index (χ1v) is 5.48. The molecule has 0 aliphatic heterocycles. The maximum absolute atomic E-state index is 5.74. The first-order valence-electron chi connectivity index (χ1n) is 5.48. The third-order valence-corrected chi connectivity index (χ3v) is 2.53. The summed E-state index contributed by atoms with van der Waals surface area (Å²) >= 11 is 0. The highest BCUT2D eigenvalue weighted by Gasteiger charge is 2.32. The van der Waals surface area contributed by atoms with Crippen molar-refractivity contribution in [3.63, 3.8) is 0 Å². The molecule has 0 radical (unpaired) electrons. The van der Waals surface area contributed by atoms with Crippen LogP contribution >= 0.6 is 0 Å². The van der Waals surface area contributed by atoms with Crippen LogP contribution in [0.5, 0.6) is 0 Å². The number of hydrogen-bond donors (Lipinski definition) is 0. The Balaban J connectivity index is 2.32. The van der Waals surface area contributed by atoms with Gasteiger partial charge in [-0.2, -0.15) is 0 Å². The molecule has 0 aromatic rings. The summed E-state index contributed by atoms with van der Waals surface area (Å²) in [5.74, 6) is 6.12. The second-order valence-corrected chi connectivity index (χ2v) is 4.14. The summed E-state index contributed by atoms with van der Waals surface area (Å²) in [7, 11) is 0. The molecule has 1 fully saturated rings. The topological polar surface area (TPSA) is 18.5 Å². The second-order valence-electron chi connectivity index (χ2n) is 4.14. The maximum atomic E-state index is 5.74. The maximum Gasteiger partial charge on any atom is 0.149 e. The van der Waals surface area contributed by atoms with Crippen LogP contribution in [0.2, 0.25) is 0 Å². The smallest absolute Gasteiger partial charge is 0.149 e. The van der Waals surface area contributed by atoms with Gasteiger partial charge < -0.3 is 9.47 Å². The van der Waals surface area contributed by atoms with Gasteiger partial charge in [0.05, 0.1) is 6.61 Å². The molecule has 15 heavy (non-hydrogen) atoms. The largest absolute Gasteiger partial charge is 0.351 e. The van der Waals surface area contributed by atoms with E-state index in [9.17, 15) is 0 Å². The highest BCUT2D eigenvalue weighted by atomic mass is 16.7. The van der Waals surface area contributed by atoms with Gasteiger partial charge in [-0.1, -0.05) is 18.1 Å². The fraction of sp³-hybridized carbons (Fsp3) is 0.692. The Kier molecular flexibility index (Phi) is 4.87. The molecule has 0 heterocycles. The van der Waals surface area contributed by atoms with Crippen LogP contribution in [0.4, 0.5) is 0 Å². The summed E-state index contributed by atoms with van der Waals surface area (Å²) in [4.78, 5) is 0. The Hall–Kier alpha value is -0.780. The Morgan fingerprint density at radius 1 is 1.40 bits per heavy atom. The van der Waals surface area contributed by atoms with Gasteiger partial charge in [-0.25, -0.2) is 0 Å². The molecule has 0 atom stereocenters. The fourth-order valence-corrected chi connectivity index (χ4v) is 1.85. The van der Waals surface area contributed by atoms with Crippen molar-refractivity contribution in [2.75, 3.05) is 13.4 Å². The quantitative estimate of drug-likeness (QED) is 0.299. The molecular weight excluding hydrogens is 188 g/mol. The van der Waals surface area contributed by atoms with E-state index in [2.05, 4.69) is 18.4 Å². The lowest BCUT2D eigenvalue weighted by molar-refractivity contribution is -0.110. The van der Waals surface area contributed by atoms with Crippen LogP contribution in [-0.2, 0) is 9.47 Å². The average molecular weight is 208 g/mol. The van der Waals surface area contributed by atoms with Gasteiger partial charge in [-0.15, -0.1) is 5.92 Å². The third kappa shape index (κ3) is 4.07. The molecule has 1 saturated carbocycles. The molecule has 0 aromatic carbocycles. The van der Waals surface area contributed by atoms with Gasteiger partial charge in [0.15, 0.2) is 0 Å². The monoisotopic (exact) mass is 208 g/mol. The zero-order chi connectivity index (χ0) is 11.1. The highest BCUT2D eigenvalue weighted by Crippen LogP contribution is 2.32. The molecular formula is C13H20O2. The van der Waals surface area contributed by atoms with E-state index in [4.69, 9.17) is 9.47 Å². The van der Waals surface area contributed by atoms with E-state index in [0.717, 1.165) is 18.4 Å². The van der Waals surface area contributed by atoms with Crippen molar-refractivity contribution in [2.45, 2.75) is 45.1 Å². The van der Waals surface area contributed by atoms with E-state index < -0.39 is 0 Å². The van der Waals surface area contributed by atoms with E-state index in [0.29, 0.717) is 13.4 Å². The summed E-state index contributed by atoms with van der Waals surface area (Å²) in [6.07, 6.45) is 4.47. The molecule has 0 saturated heterocycles. The predicted molar refractivity (Wildman–Crippen MR) is 61.4 cm³/mol. The van der Waals surface area contributed by atoms with E-state index in [1.165, 1.54) is 12.8 Å². The lowest BCUT2D eigenvalue weighted by Crippen LogP contribution is -2.28. The minimum absolute atomic E-state index is 0.232. The molecule has 0 amide bonds. The number of hydrogen-bond acceptors (Lipinski definition) is 2. The van der Waals surface area contributed by atoms with E-state index in [1.54, 1.807) is 0 Å². The predicted octanol–water partition coefficient (Wildman–Crippen LogP) is 2.89. The van der Waals surface area contributed by atoms with E-state index in [1.807, 2.05) is 13.8 Å². The first kappa shape index (κ1) is 12.3. The minimum Gasteiger partial charge on any atom is -0.351 e. The Labute approximate surface area is 92.6 Å². The van der Waals surface area contributed by atoms with Crippen LogP contribution in [0.1, 0.15) is 39.5 Å². The molecule has 84 valence electrons. The van der Waals surface area contributed by atoms with Gasteiger partial charge in [0.1, 0.15) is 12.4 Å². The summed E-state index contributed by atoms with van der Waals surface area (Å²) in [5, 5.41) is 0. The fourth-order valence-electron chi connectivity index (χ4n) is 1.85. The van der Waals surface area contributed by atoms with Crippen molar-refractivity contribution in [3.05, 3.63) is 12.2 Å². The molecule has 2 heteroatoms. The zero-order valence-corrected chi connectivity index (χ0v) is 9.77. The molecule has 0 N–H and O–H groups in total. The SMILES string of the molecule is C=C(C)COCOC1(C#CC)CCCC1. The van der Waals surface area contributed by atoms with E-state index >= 15 is 0 Å². The van der Waals surface area contributed by atoms with Crippen LogP contribution in [-0.4, -0.2) is 19.0 Å². The van der Waals surface area contributed by atoms with Crippen molar-refractivity contribution < 1.29 is 9.47 Å². The van der Waals surface area contributed by atoms with Crippen molar-refractivity contribution in [3.8, 4) is 11.8 Å². The average Bonchev–Trinajstić information content (AvgIpc) is 2.62. The van der Waals surface area contributed by atoms with Crippen LogP contribution in [0.15, 0.2) is 12.2 Å². The molecule has 0 bridgehead atoms. The highest BCUT2D eigenvalue weighted by molar-refractivity contribution is 5.15. The summed E-state index contributed by atoms with van der Waals surface area (Å²) < 4.78 is 11.1. The van der Waals surface area contributed by atoms with Crippen LogP contribution < -0.4 is 0 Å². The van der Waals surface area contributed by atoms with Crippen molar-refractivity contribution in [1.29, 1.82) is 0 Å². The van der Waals surface area contributed by atoms with Gasteiger partial charge in [-0.05, 0) is 39.5 Å². The molecule has 2 nitrogen and oxygen atoms in total. The second kappa shape index (κ2) is 5.95. The first-order chi connectivity index (χ1) is 7.18. The number of rotatable bonds is 5. The van der Waals surface area contributed by atoms with Crippen LogP contribution in [0.25, 0.3) is 0 Å². The molecule has 0 spiro atoms. The zero-order valence-electron chi connectivity index (χ0n) is 9.77. The normalized spacial score (nSPS) is 18.3. The van der Waals surface area contributed by atoms with Gasteiger partial charge in [0.2, 0.25) is 0 Å². The van der Waals surface area contributed by atoms with Crippen molar-refractivity contribution in [2.24, 2.45) is 0 Å². The summed E-state index contributed by atoms with van der Waals surface area (Å²) in [6.45, 7) is 8.46. The number of ether oxygens (including phenoxy) is 2. The molecule has 0 aromatic heterocycles. The molecule has 1 rings (SSSR count). The Morgan fingerprint density at radius 2 is 2.07 bits per heavy atom. The lowest BCUT2D eigenvalue weighted by Gasteiger charge is -2.23. The van der Waals surface area contributed by atoms with E-state index in [-0.39, 0.29) is 5.60 Å². The van der Waals surface area contributed by atoms with Gasteiger partial charge in [-0.3, -0.25) is 0 Å². The standard InChI is InChI=1S/C13H20O2/c1-4-7-13(8-5-6-9-13)15-11-14-10-12(2)3/h2,5-6,8-11H2,1,3H3. The molecule has 1 aliphatic carbocycles. The summed E-state index contributed by atoms with van der Waals surface area (Å²) in [5.41, 5.74) is 0.782. The van der Waals surface area contributed by atoms with Crippen molar-refractivity contribution in [1.82, 2.24) is 0 Å². The minimum atomic E-state index is -0.232. The van der Waals surface area contributed by atoms with Crippen LogP contribution in [0, 0.1) is 11.8 Å². The van der Waals surface area contributed by atoms with Crippen LogP contribution in [0.3, 0.4) is 0 Å². The molecule has 1 aliphatic rings. The lowest BCUT2D eigenvalue weighted by atomic mass is 10.0. The third-order valence-electron chi connectivity index (χ3n) is 2.53. The van der Waals surface area contributed by atoms with Gasteiger partial charge in [0.25, 0.3) is 0 Å². The van der Waals surface area contributed by atoms with Gasteiger partial charge in [0, 0.05) is 0 Å². The molecule has 0 unspecified atom stereocenters. The van der Waals surface area contributed by atoms with Gasteiger partial charge >= 0.3 is 0 Å².